The number of halogens is 1. The zero-order valence-corrected chi connectivity index (χ0v) is 20.5. The van der Waals surface area contributed by atoms with Gasteiger partial charge in [0.25, 0.3) is 0 Å². The van der Waals surface area contributed by atoms with Crippen molar-refractivity contribution in [2.45, 2.75) is 32.9 Å². The molecule has 3 aromatic carbocycles. The number of methoxy groups -OCH3 is 1. The predicted octanol–water partition coefficient (Wildman–Crippen LogP) is 6.54. The number of hydrogen-bond acceptors (Lipinski definition) is 3. The molecule has 32 heavy (non-hydrogen) atoms. The van der Waals surface area contributed by atoms with Crippen LogP contribution in [0.2, 0.25) is 5.02 Å². The van der Waals surface area contributed by atoms with E-state index in [1.807, 2.05) is 0 Å². The van der Waals surface area contributed by atoms with Crippen LogP contribution in [0.25, 0.3) is 0 Å². The number of benzene rings is 3. The van der Waals surface area contributed by atoms with Gasteiger partial charge in [-0.25, -0.2) is 0 Å². The summed E-state index contributed by atoms with van der Waals surface area (Å²) in [6, 6.07) is 26.5. The Hall–Kier alpha value is -2.33. The zero-order chi connectivity index (χ0) is 22.9. The van der Waals surface area contributed by atoms with E-state index in [9.17, 15) is 0 Å². The molecule has 1 fully saturated rings. The van der Waals surface area contributed by atoms with Crippen molar-refractivity contribution < 1.29 is 4.74 Å². The quantitative estimate of drug-likeness (QED) is 0.439. The van der Waals surface area contributed by atoms with Gasteiger partial charge in [0.2, 0.25) is 0 Å². The van der Waals surface area contributed by atoms with Gasteiger partial charge in [0.05, 0.1) is 6.04 Å². The molecule has 1 heterocycles. The molecular formula is C28H35ClN2O. The SMILES string of the molecule is CCc1ccc(N2CCN(Cc3ccccc3)CC2c2ccc(C)cc2Cl)cc1.COC. The van der Waals surface area contributed by atoms with Crippen LogP contribution < -0.4 is 4.90 Å². The summed E-state index contributed by atoms with van der Waals surface area (Å²) in [5.74, 6) is 0. The number of aryl methyl sites for hydroxylation is 2. The minimum Gasteiger partial charge on any atom is -0.388 e. The van der Waals surface area contributed by atoms with Crippen LogP contribution in [0.3, 0.4) is 0 Å². The Kier molecular flexibility index (Phi) is 9.16. The first-order valence-electron chi connectivity index (χ1n) is 11.3. The maximum Gasteiger partial charge on any atom is 0.0684 e. The zero-order valence-electron chi connectivity index (χ0n) is 19.7. The van der Waals surface area contributed by atoms with Gasteiger partial charge in [-0.05, 0) is 53.8 Å². The fourth-order valence-electron chi connectivity index (χ4n) is 4.23. The fourth-order valence-corrected chi connectivity index (χ4v) is 4.59. The summed E-state index contributed by atoms with van der Waals surface area (Å²) in [5.41, 5.74) is 6.44. The predicted molar refractivity (Wildman–Crippen MR) is 137 cm³/mol. The van der Waals surface area contributed by atoms with Crippen LogP contribution in [0, 0.1) is 6.92 Å². The van der Waals surface area contributed by atoms with Crippen molar-refractivity contribution in [3.8, 4) is 0 Å². The van der Waals surface area contributed by atoms with Crippen LogP contribution in [-0.4, -0.2) is 38.8 Å². The largest absolute Gasteiger partial charge is 0.388 e. The van der Waals surface area contributed by atoms with Crippen LogP contribution in [-0.2, 0) is 17.7 Å². The Morgan fingerprint density at radius 3 is 2.22 bits per heavy atom. The lowest BCUT2D eigenvalue weighted by Crippen LogP contribution is -2.48. The summed E-state index contributed by atoms with van der Waals surface area (Å²) in [6.07, 6.45) is 1.07. The van der Waals surface area contributed by atoms with Crippen molar-refractivity contribution in [3.05, 3.63) is 100 Å². The Morgan fingerprint density at radius 2 is 1.59 bits per heavy atom. The molecule has 0 saturated carbocycles. The molecule has 1 aliphatic heterocycles. The number of piperazine rings is 1. The topological polar surface area (TPSA) is 15.7 Å². The Balaban J connectivity index is 0.000000913. The maximum absolute atomic E-state index is 6.73. The lowest BCUT2D eigenvalue weighted by atomic mass is 9.99. The normalized spacial score (nSPS) is 16.4. The average molecular weight is 451 g/mol. The van der Waals surface area contributed by atoms with Gasteiger partial charge in [0.1, 0.15) is 0 Å². The highest BCUT2D eigenvalue weighted by atomic mass is 35.5. The van der Waals surface area contributed by atoms with Gasteiger partial charge in [-0.3, -0.25) is 4.90 Å². The molecule has 1 saturated heterocycles. The van der Waals surface area contributed by atoms with E-state index in [-0.39, 0.29) is 6.04 Å². The fraction of sp³-hybridized carbons (Fsp3) is 0.357. The minimum atomic E-state index is 0.244. The van der Waals surface area contributed by atoms with E-state index in [0.29, 0.717) is 0 Å². The molecule has 0 aromatic heterocycles. The Bertz CT molecular complexity index is 959. The molecule has 1 aliphatic rings. The van der Waals surface area contributed by atoms with Crippen molar-refractivity contribution in [3.63, 3.8) is 0 Å². The highest BCUT2D eigenvalue weighted by Gasteiger charge is 2.30. The number of rotatable bonds is 5. The van der Waals surface area contributed by atoms with Gasteiger partial charge in [0.15, 0.2) is 0 Å². The first-order chi connectivity index (χ1) is 15.5. The van der Waals surface area contributed by atoms with Gasteiger partial charge in [-0.2, -0.15) is 0 Å². The summed E-state index contributed by atoms with van der Waals surface area (Å²) in [6.45, 7) is 8.28. The third kappa shape index (κ3) is 6.35. The van der Waals surface area contributed by atoms with Crippen LogP contribution in [0.4, 0.5) is 5.69 Å². The van der Waals surface area contributed by atoms with Crippen molar-refractivity contribution in [2.24, 2.45) is 0 Å². The third-order valence-electron chi connectivity index (χ3n) is 5.90. The molecule has 4 heteroatoms. The lowest BCUT2D eigenvalue weighted by molar-refractivity contribution is 0.215. The van der Waals surface area contributed by atoms with Gasteiger partial charge < -0.3 is 9.64 Å². The van der Waals surface area contributed by atoms with Crippen molar-refractivity contribution in [2.75, 3.05) is 38.8 Å². The van der Waals surface area contributed by atoms with Crippen LogP contribution in [0.5, 0.6) is 0 Å². The molecule has 1 unspecified atom stereocenters. The molecule has 0 spiro atoms. The highest BCUT2D eigenvalue weighted by Crippen LogP contribution is 2.35. The number of ether oxygens (including phenoxy) is 1. The molecular weight excluding hydrogens is 416 g/mol. The monoisotopic (exact) mass is 450 g/mol. The Morgan fingerprint density at radius 1 is 0.906 bits per heavy atom. The van der Waals surface area contributed by atoms with E-state index in [1.165, 1.54) is 27.9 Å². The van der Waals surface area contributed by atoms with Crippen LogP contribution in [0.1, 0.15) is 35.2 Å². The van der Waals surface area contributed by atoms with E-state index >= 15 is 0 Å². The maximum atomic E-state index is 6.73. The second-order valence-electron chi connectivity index (χ2n) is 8.38. The van der Waals surface area contributed by atoms with E-state index in [1.54, 1.807) is 14.2 Å². The second kappa shape index (κ2) is 12.1. The highest BCUT2D eigenvalue weighted by molar-refractivity contribution is 6.31. The Labute approximate surface area is 198 Å². The van der Waals surface area contributed by atoms with Crippen LogP contribution in [0.15, 0.2) is 72.8 Å². The van der Waals surface area contributed by atoms with Gasteiger partial charge >= 0.3 is 0 Å². The number of anilines is 1. The van der Waals surface area contributed by atoms with E-state index in [2.05, 4.69) is 101 Å². The molecule has 0 N–H and O–H groups in total. The summed E-state index contributed by atoms with van der Waals surface area (Å²) in [5, 5.41) is 0.867. The van der Waals surface area contributed by atoms with Gasteiger partial charge in [-0.1, -0.05) is 73.1 Å². The molecule has 0 radical (unpaired) electrons. The number of nitrogens with zero attached hydrogens (tertiary/aromatic N) is 2. The van der Waals surface area contributed by atoms with Crippen molar-refractivity contribution in [1.82, 2.24) is 4.90 Å². The molecule has 0 amide bonds. The van der Waals surface area contributed by atoms with Crippen LogP contribution >= 0.6 is 11.6 Å². The number of hydrogen-bond donors (Lipinski definition) is 0. The molecule has 3 aromatic rings. The second-order valence-corrected chi connectivity index (χ2v) is 8.79. The van der Waals surface area contributed by atoms with Gasteiger partial charge in [0, 0.05) is 51.1 Å². The average Bonchev–Trinajstić information content (AvgIpc) is 2.80. The van der Waals surface area contributed by atoms with E-state index in [0.717, 1.165) is 37.6 Å². The van der Waals surface area contributed by atoms with Gasteiger partial charge in [-0.15, -0.1) is 0 Å². The summed E-state index contributed by atoms with van der Waals surface area (Å²) >= 11 is 6.73. The molecule has 3 nitrogen and oxygen atoms in total. The lowest BCUT2D eigenvalue weighted by Gasteiger charge is -2.43. The first-order valence-corrected chi connectivity index (χ1v) is 11.7. The van der Waals surface area contributed by atoms with E-state index in [4.69, 9.17) is 11.6 Å². The molecule has 0 aliphatic carbocycles. The summed E-state index contributed by atoms with van der Waals surface area (Å²) in [4.78, 5) is 5.07. The smallest absolute Gasteiger partial charge is 0.0684 e. The standard InChI is InChI=1S/C26H29ClN2.C2H6O/c1-3-21-10-12-23(13-11-21)29-16-15-28(18-22-7-5-4-6-8-22)19-26(29)24-14-9-20(2)17-25(24)27;1-3-2/h4-14,17,26H,3,15-16,18-19H2,1-2H3;1-2H3. The molecule has 1 atom stereocenters. The minimum absolute atomic E-state index is 0.244. The molecule has 0 bridgehead atoms. The molecule has 4 rings (SSSR count). The van der Waals surface area contributed by atoms with E-state index < -0.39 is 0 Å². The van der Waals surface area contributed by atoms with Crippen molar-refractivity contribution in [1.29, 1.82) is 0 Å². The molecule has 170 valence electrons. The summed E-state index contributed by atoms with van der Waals surface area (Å²) in [7, 11) is 3.25. The van der Waals surface area contributed by atoms with Crippen molar-refractivity contribution >= 4 is 17.3 Å². The third-order valence-corrected chi connectivity index (χ3v) is 6.23. The first kappa shape index (κ1) is 24.3. The summed E-state index contributed by atoms with van der Waals surface area (Å²) < 4.78 is 4.25.